The number of aromatic amines is 1. The Labute approximate surface area is 134 Å². The van der Waals surface area contributed by atoms with Crippen LogP contribution in [0.1, 0.15) is 17.2 Å². The summed E-state index contributed by atoms with van der Waals surface area (Å²) in [6, 6.07) is 7.15. The molecular formula is C16H21N5O2. The summed E-state index contributed by atoms with van der Waals surface area (Å²) in [5.41, 5.74) is 1.42. The second-order valence-electron chi connectivity index (χ2n) is 5.43. The molecule has 0 aliphatic rings. The van der Waals surface area contributed by atoms with Crippen LogP contribution in [0.15, 0.2) is 35.3 Å². The van der Waals surface area contributed by atoms with E-state index in [4.69, 9.17) is 0 Å². The fourth-order valence-electron chi connectivity index (χ4n) is 2.21. The Hall–Kier alpha value is -2.54. The van der Waals surface area contributed by atoms with Crippen LogP contribution in [-0.4, -0.2) is 45.9 Å². The highest BCUT2D eigenvalue weighted by atomic mass is 16.2. The van der Waals surface area contributed by atoms with E-state index < -0.39 is 0 Å². The summed E-state index contributed by atoms with van der Waals surface area (Å²) in [4.78, 5) is 36.2. The van der Waals surface area contributed by atoms with Gasteiger partial charge in [0.1, 0.15) is 5.82 Å². The fraction of sp³-hybridized carbons (Fsp3) is 0.375. The Bertz CT molecular complexity index is 699. The maximum absolute atomic E-state index is 11.9. The van der Waals surface area contributed by atoms with Gasteiger partial charge in [-0.1, -0.05) is 6.07 Å². The smallest absolute Gasteiger partial charge is 0.251 e. The number of nitrogens with one attached hydrogen (secondary N) is 2. The summed E-state index contributed by atoms with van der Waals surface area (Å²) >= 11 is 0. The van der Waals surface area contributed by atoms with Gasteiger partial charge < -0.3 is 10.3 Å². The first kappa shape index (κ1) is 16.8. The van der Waals surface area contributed by atoms with Crippen molar-refractivity contribution in [1.29, 1.82) is 0 Å². The van der Waals surface area contributed by atoms with Crippen LogP contribution in [0.3, 0.4) is 0 Å². The molecule has 0 saturated heterocycles. The number of hydrogen-bond acceptors (Lipinski definition) is 5. The van der Waals surface area contributed by atoms with E-state index >= 15 is 0 Å². The van der Waals surface area contributed by atoms with Gasteiger partial charge in [-0.15, -0.1) is 0 Å². The topological polar surface area (TPSA) is 91.0 Å². The van der Waals surface area contributed by atoms with Gasteiger partial charge in [0.15, 0.2) is 0 Å². The number of hydrogen-bond donors (Lipinski definition) is 2. The minimum absolute atomic E-state index is 0.0709. The molecule has 2 heterocycles. The zero-order valence-electron chi connectivity index (χ0n) is 13.4. The van der Waals surface area contributed by atoms with Crippen molar-refractivity contribution in [3.8, 4) is 0 Å². The summed E-state index contributed by atoms with van der Waals surface area (Å²) in [6.07, 6.45) is 2.23. The van der Waals surface area contributed by atoms with Crippen LogP contribution in [0.4, 0.5) is 0 Å². The first-order chi connectivity index (χ1) is 11.0. The molecule has 2 rings (SSSR count). The standard InChI is InChI=1S/C16H21N5O2/c1-12-9-15(22)20-14(19-12)6-8-18-16(23)11-21(2)10-13-5-3-4-7-17-13/h3-5,7,9H,6,8,10-11H2,1-2H3,(H,18,23)(H,19,20,22). The number of nitrogens with zero attached hydrogens (tertiary/aromatic N) is 3. The van der Waals surface area contributed by atoms with E-state index in [1.54, 1.807) is 13.1 Å². The second-order valence-corrected chi connectivity index (χ2v) is 5.43. The predicted octanol–water partition coefficient (Wildman–Crippen LogP) is 0.264. The highest BCUT2D eigenvalue weighted by Gasteiger charge is 2.07. The summed E-state index contributed by atoms with van der Waals surface area (Å²) in [7, 11) is 1.87. The lowest BCUT2D eigenvalue weighted by atomic mass is 10.3. The van der Waals surface area contributed by atoms with Crippen LogP contribution in [0.5, 0.6) is 0 Å². The van der Waals surface area contributed by atoms with Gasteiger partial charge in [-0.2, -0.15) is 0 Å². The van der Waals surface area contributed by atoms with Crippen molar-refractivity contribution < 1.29 is 4.79 Å². The van der Waals surface area contributed by atoms with Crippen LogP contribution in [0.25, 0.3) is 0 Å². The Kier molecular flexibility index (Phi) is 5.99. The number of pyridine rings is 1. The van der Waals surface area contributed by atoms with Gasteiger partial charge in [-0.25, -0.2) is 4.98 Å². The zero-order valence-corrected chi connectivity index (χ0v) is 13.4. The molecule has 2 aromatic heterocycles. The largest absolute Gasteiger partial charge is 0.355 e. The Morgan fingerprint density at radius 3 is 2.91 bits per heavy atom. The molecule has 2 aromatic rings. The number of likely N-dealkylation sites (N-methyl/N-ethyl adjacent to an activating group) is 1. The third-order valence-electron chi connectivity index (χ3n) is 3.17. The van der Waals surface area contributed by atoms with Crippen LogP contribution in [0, 0.1) is 6.92 Å². The molecule has 0 atom stereocenters. The Morgan fingerprint density at radius 2 is 2.22 bits per heavy atom. The number of amides is 1. The summed E-state index contributed by atoms with van der Waals surface area (Å²) < 4.78 is 0. The number of carbonyl (C=O) groups excluding carboxylic acids is 1. The summed E-state index contributed by atoms with van der Waals surface area (Å²) in [5.74, 6) is 0.510. The van der Waals surface area contributed by atoms with Crippen LogP contribution < -0.4 is 10.9 Å². The second kappa shape index (κ2) is 8.19. The molecule has 2 N–H and O–H groups in total. The minimum atomic E-state index is -0.172. The van der Waals surface area contributed by atoms with E-state index in [1.165, 1.54) is 6.07 Å². The first-order valence-corrected chi connectivity index (χ1v) is 7.45. The molecule has 0 fully saturated rings. The minimum Gasteiger partial charge on any atom is -0.355 e. The normalized spacial score (nSPS) is 10.7. The number of carbonyl (C=O) groups is 1. The lowest BCUT2D eigenvalue weighted by molar-refractivity contribution is -0.122. The molecular weight excluding hydrogens is 294 g/mol. The molecule has 7 heteroatoms. The molecule has 7 nitrogen and oxygen atoms in total. The molecule has 0 radical (unpaired) electrons. The van der Waals surface area contributed by atoms with Crippen molar-refractivity contribution in [1.82, 2.24) is 25.2 Å². The molecule has 1 amide bonds. The van der Waals surface area contributed by atoms with Gasteiger partial charge in [0.25, 0.3) is 5.56 Å². The van der Waals surface area contributed by atoms with Gasteiger partial charge in [0.2, 0.25) is 5.91 Å². The first-order valence-electron chi connectivity index (χ1n) is 7.45. The highest BCUT2D eigenvalue weighted by Crippen LogP contribution is 1.98. The molecule has 23 heavy (non-hydrogen) atoms. The fourth-order valence-corrected chi connectivity index (χ4v) is 2.21. The highest BCUT2D eigenvalue weighted by molar-refractivity contribution is 5.77. The van der Waals surface area contributed by atoms with E-state index in [9.17, 15) is 9.59 Å². The summed E-state index contributed by atoms with van der Waals surface area (Å²) in [5, 5.41) is 2.82. The zero-order chi connectivity index (χ0) is 16.7. The van der Waals surface area contributed by atoms with Crippen LogP contribution >= 0.6 is 0 Å². The van der Waals surface area contributed by atoms with Crippen LogP contribution in [0.2, 0.25) is 0 Å². The quantitative estimate of drug-likeness (QED) is 0.765. The summed E-state index contributed by atoms with van der Waals surface area (Å²) in [6.45, 7) is 3.10. The third kappa shape index (κ3) is 5.99. The Morgan fingerprint density at radius 1 is 1.39 bits per heavy atom. The maximum atomic E-state index is 11.9. The number of rotatable bonds is 7. The number of aromatic nitrogens is 3. The molecule has 0 unspecified atom stereocenters. The van der Waals surface area contributed by atoms with E-state index in [1.807, 2.05) is 30.1 Å². The van der Waals surface area contributed by atoms with Crippen molar-refractivity contribution in [3.63, 3.8) is 0 Å². The van der Waals surface area contributed by atoms with E-state index in [0.29, 0.717) is 31.0 Å². The van der Waals surface area contributed by atoms with E-state index in [2.05, 4.69) is 20.3 Å². The van der Waals surface area contributed by atoms with Crippen molar-refractivity contribution in [3.05, 3.63) is 58.0 Å². The molecule has 0 aliphatic heterocycles. The van der Waals surface area contributed by atoms with E-state index in [0.717, 1.165) is 5.69 Å². The van der Waals surface area contributed by atoms with Gasteiger partial charge in [0, 0.05) is 37.5 Å². The van der Waals surface area contributed by atoms with Crippen molar-refractivity contribution in [2.75, 3.05) is 20.1 Å². The van der Waals surface area contributed by atoms with Crippen molar-refractivity contribution in [2.24, 2.45) is 0 Å². The molecule has 0 saturated carbocycles. The predicted molar refractivity (Wildman–Crippen MR) is 86.9 cm³/mol. The Balaban J connectivity index is 1.73. The molecule has 0 aromatic carbocycles. The maximum Gasteiger partial charge on any atom is 0.251 e. The average molecular weight is 315 g/mol. The van der Waals surface area contributed by atoms with Crippen LogP contribution in [-0.2, 0) is 17.8 Å². The lowest BCUT2D eigenvalue weighted by Gasteiger charge is -2.15. The lowest BCUT2D eigenvalue weighted by Crippen LogP contribution is -2.36. The van der Waals surface area contributed by atoms with Gasteiger partial charge in [-0.3, -0.25) is 19.5 Å². The van der Waals surface area contributed by atoms with Crippen molar-refractivity contribution >= 4 is 5.91 Å². The SMILES string of the molecule is Cc1cc(=O)[nH]c(CCNC(=O)CN(C)Cc2ccccn2)n1. The third-order valence-corrected chi connectivity index (χ3v) is 3.17. The molecule has 122 valence electrons. The van der Waals surface area contributed by atoms with Crippen molar-refractivity contribution in [2.45, 2.75) is 19.9 Å². The van der Waals surface area contributed by atoms with Gasteiger partial charge in [0.05, 0.1) is 12.2 Å². The monoisotopic (exact) mass is 315 g/mol. The van der Waals surface area contributed by atoms with E-state index in [-0.39, 0.29) is 18.0 Å². The molecule has 0 spiro atoms. The molecule has 0 aliphatic carbocycles. The van der Waals surface area contributed by atoms with Gasteiger partial charge >= 0.3 is 0 Å². The molecule has 0 bridgehead atoms. The van der Waals surface area contributed by atoms with Gasteiger partial charge in [-0.05, 0) is 26.1 Å². The number of aryl methyl sites for hydroxylation is 1. The average Bonchev–Trinajstić information content (AvgIpc) is 2.47. The number of H-pyrrole nitrogens is 1.